The molecule has 0 unspecified atom stereocenters. The number of aryl methyl sites for hydroxylation is 1. The van der Waals surface area contributed by atoms with Gasteiger partial charge in [0.15, 0.2) is 11.6 Å². The third kappa shape index (κ3) is 4.02. The summed E-state index contributed by atoms with van der Waals surface area (Å²) in [7, 11) is 0. The van der Waals surface area contributed by atoms with E-state index in [1.165, 1.54) is 12.1 Å². The normalized spacial score (nSPS) is 13.4. The van der Waals surface area contributed by atoms with Crippen molar-refractivity contribution in [2.45, 2.75) is 45.6 Å². The maximum Gasteiger partial charge on any atom is 0.259 e. The van der Waals surface area contributed by atoms with Crippen LogP contribution in [-0.2, 0) is 0 Å². The smallest absolute Gasteiger partial charge is 0.259 e. The second-order valence-electron chi connectivity index (χ2n) is 8.84. The summed E-state index contributed by atoms with van der Waals surface area (Å²) in [6.45, 7) is 5.79. The Bertz CT molecular complexity index is 1390. The monoisotopic (exact) mass is 460 g/mol. The Morgan fingerprint density at radius 1 is 1.24 bits per heavy atom. The Balaban J connectivity index is 1.45. The number of anilines is 2. The van der Waals surface area contributed by atoms with Gasteiger partial charge in [0.25, 0.3) is 5.91 Å². The van der Waals surface area contributed by atoms with E-state index in [-0.39, 0.29) is 23.1 Å². The number of pyridine rings is 1. The molecule has 0 spiro atoms. The molecule has 1 aliphatic rings. The number of hydrogen-bond acceptors (Lipinski definition) is 6. The van der Waals surface area contributed by atoms with E-state index in [1.807, 2.05) is 29.2 Å². The zero-order chi connectivity index (χ0) is 24.0. The van der Waals surface area contributed by atoms with Crippen molar-refractivity contribution in [3.63, 3.8) is 0 Å². The highest BCUT2D eigenvalue weighted by Gasteiger charge is 2.26. The number of nitrogens with zero attached hydrogens (tertiary/aromatic N) is 6. The molecular formula is C24H25FN8O. The van der Waals surface area contributed by atoms with Gasteiger partial charge in [-0.25, -0.2) is 14.4 Å². The van der Waals surface area contributed by atoms with Crippen molar-refractivity contribution in [1.82, 2.24) is 29.3 Å². The van der Waals surface area contributed by atoms with E-state index in [0.717, 1.165) is 18.5 Å². The molecule has 1 fully saturated rings. The van der Waals surface area contributed by atoms with E-state index >= 15 is 0 Å². The van der Waals surface area contributed by atoms with Gasteiger partial charge >= 0.3 is 0 Å². The average Bonchev–Trinajstić information content (AvgIpc) is 3.31. The molecule has 0 aliphatic heterocycles. The van der Waals surface area contributed by atoms with Gasteiger partial charge in [-0.1, -0.05) is 0 Å². The highest BCUT2D eigenvalue weighted by Crippen LogP contribution is 2.39. The molecule has 3 aromatic heterocycles. The predicted molar refractivity (Wildman–Crippen MR) is 126 cm³/mol. The molecule has 1 saturated carbocycles. The molecule has 3 N–H and O–H groups in total. The Morgan fingerprint density at radius 2 is 2.03 bits per heavy atom. The van der Waals surface area contributed by atoms with Crippen LogP contribution in [0.2, 0.25) is 0 Å². The summed E-state index contributed by atoms with van der Waals surface area (Å²) < 4.78 is 18.5. The molecule has 1 aromatic carbocycles. The van der Waals surface area contributed by atoms with E-state index in [4.69, 9.17) is 5.73 Å². The second-order valence-corrected chi connectivity index (χ2v) is 8.84. The third-order valence-corrected chi connectivity index (χ3v) is 5.92. The lowest BCUT2D eigenvalue weighted by atomic mass is 10.1. The van der Waals surface area contributed by atoms with Crippen LogP contribution in [0.25, 0.3) is 17.2 Å². The number of carbonyl (C=O) groups is 1. The lowest BCUT2D eigenvalue weighted by Gasteiger charge is -2.13. The quantitative estimate of drug-likeness (QED) is 0.444. The number of aromatic nitrogens is 6. The molecule has 3 heterocycles. The molecular weight excluding hydrogens is 435 g/mol. The Kier molecular flexibility index (Phi) is 5.35. The van der Waals surface area contributed by atoms with E-state index in [0.29, 0.717) is 28.7 Å². The number of nitrogens with two attached hydrogens (primary N) is 1. The Morgan fingerprint density at radius 3 is 2.76 bits per heavy atom. The van der Waals surface area contributed by atoms with Crippen molar-refractivity contribution < 1.29 is 9.18 Å². The molecule has 0 atom stereocenters. The molecule has 5 rings (SSSR count). The fraction of sp³-hybridized carbons (Fsp3) is 0.292. The molecule has 0 saturated heterocycles. The first-order chi connectivity index (χ1) is 16.3. The fourth-order valence-corrected chi connectivity index (χ4v) is 3.85. The van der Waals surface area contributed by atoms with Gasteiger partial charge in [0.1, 0.15) is 17.8 Å². The van der Waals surface area contributed by atoms with Gasteiger partial charge in [-0.05, 0) is 63.4 Å². The zero-order valence-electron chi connectivity index (χ0n) is 19.2. The summed E-state index contributed by atoms with van der Waals surface area (Å²) in [6, 6.07) is 6.31. The van der Waals surface area contributed by atoms with Crippen molar-refractivity contribution in [2.24, 2.45) is 0 Å². The maximum atomic E-state index is 14.8. The molecule has 34 heavy (non-hydrogen) atoms. The predicted octanol–water partition coefficient (Wildman–Crippen LogP) is 4.27. The van der Waals surface area contributed by atoms with Gasteiger partial charge < -0.3 is 20.2 Å². The van der Waals surface area contributed by atoms with Crippen LogP contribution in [-0.4, -0.2) is 35.2 Å². The van der Waals surface area contributed by atoms with Crippen LogP contribution < -0.4 is 11.1 Å². The third-order valence-electron chi connectivity index (χ3n) is 5.92. The SMILES string of the molecule is Cc1cc(F)c(C(=O)Nc2nc(-c3nncn3C(C)C)ccc2N)cc1-n1cnc(C2CC2)c1. The summed E-state index contributed by atoms with van der Waals surface area (Å²) in [6.07, 6.45) is 7.52. The van der Waals surface area contributed by atoms with Crippen LogP contribution in [0.15, 0.2) is 43.1 Å². The second kappa shape index (κ2) is 8.36. The molecule has 0 radical (unpaired) electrons. The molecule has 174 valence electrons. The fourth-order valence-electron chi connectivity index (χ4n) is 3.85. The number of benzene rings is 1. The highest BCUT2D eigenvalue weighted by molar-refractivity contribution is 6.05. The van der Waals surface area contributed by atoms with E-state index in [2.05, 4.69) is 25.5 Å². The first-order valence-corrected chi connectivity index (χ1v) is 11.1. The first-order valence-electron chi connectivity index (χ1n) is 11.1. The Hall–Kier alpha value is -4.08. The van der Waals surface area contributed by atoms with Gasteiger partial charge in [-0.15, -0.1) is 10.2 Å². The molecule has 10 heteroatoms. The molecule has 0 bridgehead atoms. The molecule has 1 amide bonds. The first kappa shape index (κ1) is 21.7. The number of halogens is 1. The van der Waals surface area contributed by atoms with Crippen LogP contribution in [0.5, 0.6) is 0 Å². The van der Waals surface area contributed by atoms with Crippen LogP contribution >= 0.6 is 0 Å². The minimum Gasteiger partial charge on any atom is -0.396 e. The van der Waals surface area contributed by atoms with E-state index in [9.17, 15) is 9.18 Å². The van der Waals surface area contributed by atoms with Gasteiger partial charge in [0.2, 0.25) is 0 Å². The van der Waals surface area contributed by atoms with Gasteiger partial charge in [-0.2, -0.15) is 0 Å². The van der Waals surface area contributed by atoms with Crippen molar-refractivity contribution in [1.29, 1.82) is 0 Å². The number of nitrogen functional groups attached to an aromatic ring is 1. The number of hydrogen-bond donors (Lipinski definition) is 2. The maximum absolute atomic E-state index is 14.8. The van der Waals surface area contributed by atoms with Crippen molar-refractivity contribution >= 4 is 17.4 Å². The Labute approximate surface area is 195 Å². The van der Waals surface area contributed by atoms with E-state index < -0.39 is 11.7 Å². The van der Waals surface area contributed by atoms with Crippen LogP contribution in [0.4, 0.5) is 15.9 Å². The minimum atomic E-state index is -0.650. The average molecular weight is 461 g/mol. The molecule has 9 nitrogen and oxygen atoms in total. The van der Waals surface area contributed by atoms with E-state index in [1.54, 1.807) is 31.7 Å². The van der Waals surface area contributed by atoms with Gasteiger partial charge in [0.05, 0.1) is 29.0 Å². The summed E-state index contributed by atoms with van der Waals surface area (Å²) in [4.78, 5) is 22.0. The van der Waals surface area contributed by atoms with Crippen molar-refractivity contribution in [3.05, 3.63) is 65.8 Å². The van der Waals surface area contributed by atoms with Crippen LogP contribution in [0, 0.1) is 12.7 Å². The largest absolute Gasteiger partial charge is 0.396 e. The zero-order valence-corrected chi connectivity index (χ0v) is 19.2. The molecule has 1 aliphatic carbocycles. The number of imidazole rings is 1. The summed E-state index contributed by atoms with van der Waals surface area (Å²) in [5.41, 5.74) is 9.09. The van der Waals surface area contributed by atoms with Crippen LogP contribution in [0.3, 0.4) is 0 Å². The van der Waals surface area contributed by atoms with Crippen molar-refractivity contribution in [2.75, 3.05) is 11.1 Å². The summed E-state index contributed by atoms with van der Waals surface area (Å²) in [5, 5.41) is 10.7. The number of amides is 1. The topological polar surface area (TPSA) is 117 Å². The highest BCUT2D eigenvalue weighted by atomic mass is 19.1. The summed E-state index contributed by atoms with van der Waals surface area (Å²) >= 11 is 0. The number of rotatable bonds is 6. The van der Waals surface area contributed by atoms with Crippen molar-refractivity contribution in [3.8, 4) is 17.2 Å². The lowest BCUT2D eigenvalue weighted by molar-refractivity contribution is 0.102. The number of nitrogens with one attached hydrogen (secondary N) is 1. The standard InChI is InChI=1S/C24H25FN8O/c1-13(2)33-12-28-31-23(33)19-7-6-18(26)22(29-19)30-24(34)16-9-21(14(3)8-17(16)25)32-10-20(27-11-32)15-4-5-15/h6-13,15H,4-5,26H2,1-3H3,(H,29,30,34). The minimum absolute atomic E-state index is 0.112. The number of carbonyl (C=O) groups excluding carboxylic acids is 1. The van der Waals surface area contributed by atoms with Gasteiger partial charge in [0, 0.05) is 18.2 Å². The lowest BCUT2D eigenvalue weighted by Crippen LogP contribution is -2.17. The summed E-state index contributed by atoms with van der Waals surface area (Å²) in [5.74, 6) is -0.118. The van der Waals surface area contributed by atoms with Crippen LogP contribution in [0.1, 0.15) is 60.3 Å². The molecule has 4 aromatic rings. The van der Waals surface area contributed by atoms with Gasteiger partial charge in [-0.3, -0.25) is 4.79 Å².